The topological polar surface area (TPSA) is 89.7 Å². The zero-order valence-electron chi connectivity index (χ0n) is 10.9. The molecule has 0 spiro atoms. The molecule has 7 heteroatoms. The highest BCUT2D eigenvalue weighted by Gasteiger charge is 2.40. The standard InChI is InChI=1S/C12H17N5O2/c1-18-7-6-12(4-2-3-5-12)11-14-10(16-19-11)9-8-13-17-15-9/h8H,2-7H2,1H3,(H,13,15,17). The van der Waals surface area contributed by atoms with Gasteiger partial charge in [-0.1, -0.05) is 18.0 Å². The summed E-state index contributed by atoms with van der Waals surface area (Å²) in [5.41, 5.74) is 0.584. The molecule has 1 fully saturated rings. The number of nitrogens with zero attached hydrogens (tertiary/aromatic N) is 4. The molecule has 1 saturated carbocycles. The van der Waals surface area contributed by atoms with Crippen LogP contribution in [0.25, 0.3) is 11.5 Å². The Bertz CT molecular complexity index is 516. The van der Waals surface area contributed by atoms with Gasteiger partial charge in [-0.15, -0.1) is 0 Å². The van der Waals surface area contributed by atoms with Crippen molar-refractivity contribution in [3.8, 4) is 11.5 Å². The second kappa shape index (κ2) is 5.08. The summed E-state index contributed by atoms with van der Waals surface area (Å²) in [5.74, 6) is 1.20. The first-order valence-corrected chi connectivity index (χ1v) is 6.53. The summed E-state index contributed by atoms with van der Waals surface area (Å²) in [6.07, 6.45) is 7.07. The molecule has 7 nitrogen and oxygen atoms in total. The number of H-pyrrole nitrogens is 1. The van der Waals surface area contributed by atoms with Crippen molar-refractivity contribution in [3.63, 3.8) is 0 Å². The minimum absolute atomic E-state index is 0.0228. The zero-order valence-corrected chi connectivity index (χ0v) is 10.9. The molecule has 3 rings (SSSR count). The monoisotopic (exact) mass is 263 g/mol. The predicted octanol–water partition coefficient (Wildman–Crippen LogP) is 1.70. The van der Waals surface area contributed by atoms with Crippen molar-refractivity contribution in [1.29, 1.82) is 0 Å². The van der Waals surface area contributed by atoms with Crippen LogP contribution in [0.15, 0.2) is 10.7 Å². The van der Waals surface area contributed by atoms with E-state index < -0.39 is 0 Å². The van der Waals surface area contributed by atoms with Gasteiger partial charge < -0.3 is 9.26 Å². The van der Waals surface area contributed by atoms with Gasteiger partial charge in [0.05, 0.1) is 11.6 Å². The van der Waals surface area contributed by atoms with E-state index in [1.54, 1.807) is 13.3 Å². The average molecular weight is 263 g/mol. The van der Waals surface area contributed by atoms with Gasteiger partial charge in [-0.25, -0.2) is 0 Å². The van der Waals surface area contributed by atoms with E-state index in [1.807, 2.05) is 0 Å². The molecule has 1 aliphatic carbocycles. The Hall–Kier alpha value is -1.76. The molecule has 2 aromatic rings. The van der Waals surface area contributed by atoms with Gasteiger partial charge in [-0.3, -0.25) is 0 Å². The molecule has 1 aliphatic rings. The zero-order chi connectivity index (χ0) is 13.1. The normalized spacial score (nSPS) is 17.9. The largest absolute Gasteiger partial charge is 0.385 e. The van der Waals surface area contributed by atoms with Crippen molar-refractivity contribution in [2.24, 2.45) is 0 Å². The second-order valence-electron chi connectivity index (χ2n) is 5.01. The van der Waals surface area contributed by atoms with E-state index in [1.165, 1.54) is 12.8 Å². The van der Waals surface area contributed by atoms with Crippen LogP contribution < -0.4 is 0 Å². The second-order valence-corrected chi connectivity index (χ2v) is 5.01. The third kappa shape index (κ3) is 2.25. The van der Waals surface area contributed by atoms with Crippen LogP contribution in [-0.2, 0) is 10.2 Å². The van der Waals surface area contributed by atoms with Gasteiger partial charge in [0.15, 0.2) is 5.69 Å². The number of rotatable bonds is 5. The lowest BCUT2D eigenvalue weighted by molar-refractivity contribution is 0.152. The molecule has 0 amide bonds. The van der Waals surface area contributed by atoms with Gasteiger partial charge in [-0.05, 0) is 19.3 Å². The predicted molar refractivity (Wildman–Crippen MR) is 66.3 cm³/mol. The molecule has 0 saturated heterocycles. The van der Waals surface area contributed by atoms with Gasteiger partial charge in [-0.2, -0.15) is 20.4 Å². The molecule has 102 valence electrons. The maximum atomic E-state index is 5.47. The van der Waals surface area contributed by atoms with Crippen LogP contribution in [0.5, 0.6) is 0 Å². The number of nitrogens with one attached hydrogen (secondary N) is 1. The number of ether oxygens (including phenoxy) is 1. The molecule has 0 aliphatic heterocycles. The summed E-state index contributed by atoms with van der Waals surface area (Å²) in [6, 6.07) is 0. The molecular formula is C12H17N5O2. The van der Waals surface area contributed by atoms with Crippen molar-refractivity contribution < 1.29 is 9.26 Å². The first-order valence-electron chi connectivity index (χ1n) is 6.53. The summed E-state index contributed by atoms with van der Waals surface area (Å²) in [6.45, 7) is 0.710. The van der Waals surface area contributed by atoms with E-state index >= 15 is 0 Å². The van der Waals surface area contributed by atoms with Crippen molar-refractivity contribution in [2.75, 3.05) is 13.7 Å². The number of aromatic nitrogens is 5. The summed E-state index contributed by atoms with van der Waals surface area (Å²) >= 11 is 0. The minimum Gasteiger partial charge on any atom is -0.385 e. The van der Waals surface area contributed by atoms with E-state index in [0.29, 0.717) is 24.0 Å². The molecule has 0 radical (unpaired) electrons. The van der Waals surface area contributed by atoms with Gasteiger partial charge in [0.2, 0.25) is 11.7 Å². The molecular weight excluding hydrogens is 246 g/mol. The van der Waals surface area contributed by atoms with Crippen LogP contribution in [0.1, 0.15) is 38.0 Å². The number of methoxy groups -OCH3 is 1. The van der Waals surface area contributed by atoms with Crippen molar-refractivity contribution in [3.05, 3.63) is 12.1 Å². The summed E-state index contributed by atoms with van der Waals surface area (Å²) in [5, 5.41) is 14.3. The Morgan fingerprint density at radius 1 is 1.42 bits per heavy atom. The van der Waals surface area contributed by atoms with Gasteiger partial charge in [0.25, 0.3) is 0 Å². The van der Waals surface area contributed by atoms with Crippen LogP contribution in [0.3, 0.4) is 0 Å². The van der Waals surface area contributed by atoms with E-state index in [2.05, 4.69) is 25.6 Å². The lowest BCUT2D eigenvalue weighted by Crippen LogP contribution is -2.24. The molecule has 0 bridgehead atoms. The number of aromatic amines is 1. The Morgan fingerprint density at radius 3 is 2.95 bits per heavy atom. The Morgan fingerprint density at radius 2 is 2.26 bits per heavy atom. The average Bonchev–Trinajstić information content (AvgIpc) is 3.15. The maximum Gasteiger partial charge on any atom is 0.233 e. The van der Waals surface area contributed by atoms with Crippen LogP contribution in [0.2, 0.25) is 0 Å². The smallest absolute Gasteiger partial charge is 0.233 e. The highest BCUT2D eigenvalue weighted by Crippen LogP contribution is 2.43. The third-order valence-electron chi connectivity index (χ3n) is 3.87. The molecule has 0 atom stereocenters. The SMILES string of the molecule is COCCC1(c2nc(-c3cn[nH]n3)no2)CCCC1. The van der Waals surface area contributed by atoms with Gasteiger partial charge in [0, 0.05) is 13.7 Å². The van der Waals surface area contributed by atoms with Crippen LogP contribution in [-0.4, -0.2) is 39.3 Å². The first-order chi connectivity index (χ1) is 9.34. The quantitative estimate of drug-likeness (QED) is 0.883. The molecule has 0 unspecified atom stereocenters. The summed E-state index contributed by atoms with van der Waals surface area (Å²) < 4.78 is 10.7. The highest BCUT2D eigenvalue weighted by atomic mass is 16.5. The van der Waals surface area contributed by atoms with E-state index in [0.717, 1.165) is 19.3 Å². The fourth-order valence-electron chi connectivity index (χ4n) is 2.77. The Kier molecular flexibility index (Phi) is 3.29. The van der Waals surface area contributed by atoms with Crippen molar-refractivity contribution in [2.45, 2.75) is 37.5 Å². The first kappa shape index (κ1) is 12.3. The van der Waals surface area contributed by atoms with Gasteiger partial charge in [0.1, 0.15) is 0 Å². The lowest BCUT2D eigenvalue weighted by Gasteiger charge is -2.23. The van der Waals surface area contributed by atoms with Crippen LogP contribution in [0, 0.1) is 0 Å². The Labute approximate surface area is 110 Å². The van der Waals surface area contributed by atoms with Crippen LogP contribution >= 0.6 is 0 Å². The van der Waals surface area contributed by atoms with Crippen molar-refractivity contribution >= 4 is 0 Å². The fourth-order valence-corrected chi connectivity index (χ4v) is 2.77. The van der Waals surface area contributed by atoms with Gasteiger partial charge >= 0.3 is 0 Å². The Balaban J connectivity index is 1.87. The third-order valence-corrected chi connectivity index (χ3v) is 3.87. The minimum atomic E-state index is -0.0228. The number of hydrogen-bond donors (Lipinski definition) is 1. The molecule has 2 heterocycles. The molecule has 2 aromatic heterocycles. The number of hydrogen-bond acceptors (Lipinski definition) is 6. The molecule has 1 N–H and O–H groups in total. The van der Waals surface area contributed by atoms with E-state index in [4.69, 9.17) is 9.26 Å². The highest BCUT2D eigenvalue weighted by molar-refractivity contribution is 5.45. The summed E-state index contributed by atoms with van der Waals surface area (Å²) in [7, 11) is 1.72. The lowest BCUT2D eigenvalue weighted by atomic mass is 9.83. The summed E-state index contributed by atoms with van der Waals surface area (Å²) in [4.78, 5) is 4.50. The van der Waals surface area contributed by atoms with Crippen LogP contribution in [0.4, 0.5) is 0 Å². The molecule has 0 aromatic carbocycles. The fraction of sp³-hybridized carbons (Fsp3) is 0.667. The van der Waals surface area contributed by atoms with Crippen molar-refractivity contribution in [1.82, 2.24) is 25.6 Å². The van der Waals surface area contributed by atoms with E-state index in [9.17, 15) is 0 Å². The maximum absolute atomic E-state index is 5.47. The molecule has 19 heavy (non-hydrogen) atoms. The van der Waals surface area contributed by atoms with E-state index in [-0.39, 0.29) is 5.41 Å².